The number of hydrogen-bond acceptors (Lipinski definition) is 7. The summed E-state index contributed by atoms with van der Waals surface area (Å²) in [5, 5.41) is 10.7. The molecular formula is C34H39N3O5S. The standard InChI is InChI=1S/C34H39N3O5S/c1-4-35(5-2)24-14-16-25(17-15-24)36-20-11-19-34-27(28-32(41)42-21-10-9-18-33(28,3)43-34)30(39)37(29(34)31(36)40)26(22-38)23-12-7-6-8-13-23/h6-9,11-19,26-29,38H,4-5,10,20-22H2,1-3H3/t26-,27+,28+,29?,33-,34+/m1/s1. The summed E-state index contributed by atoms with van der Waals surface area (Å²) >= 11 is 1.51. The fourth-order valence-electron chi connectivity index (χ4n) is 7.46. The molecule has 6 atom stereocenters. The molecule has 226 valence electrons. The van der Waals surface area contributed by atoms with Crippen LogP contribution in [0.3, 0.4) is 0 Å². The minimum absolute atomic E-state index is 0.228. The molecule has 1 unspecified atom stereocenters. The van der Waals surface area contributed by atoms with Gasteiger partial charge in [-0.3, -0.25) is 14.4 Å². The van der Waals surface area contributed by atoms with Gasteiger partial charge in [0.1, 0.15) is 6.04 Å². The number of carbonyl (C=O) groups excluding carboxylic acids is 3. The molecule has 0 aromatic heterocycles. The first-order valence-electron chi connectivity index (χ1n) is 15.2. The molecule has 1 spiro atoms. The Labute approximate surface area is 257 Å². The average molecular weight is 602 g/mol. The number of carbonyl (C=O) groups is 3. The fraction of sp³-hybridized carbons (Fsp3) is 0.441. The van der Waals surface area contributed by atoms with E-state index in [1.54, 1.807) is 9.80 Å². The first-order valence-corrected chi connectivity index (χ1v) is 16.0. The van der Waals surface area contributed by atoms with E-state index in [-0.39, 0.29) is 25.0 Å². The molecule has 4 aliphatic rings. The van der Waals surface area contributed by atoms with Crippen LogP contribution in [0.15, 0.2) is 78.9 Å². The van der Waals surface area contributed by atoms with Crippen molar-refractivity contribution in [2.45, 2.75) is 48.8 Å². The summed E-state index contributed by atoms with van der Waals surface area (Å²) in [5.41, 5.74) is 2.54. The molecule has 8 nitrogen and oxygen atoms in total. The predicted molar refractivity (Wildman–Crippen MR) is 169 cm³/mol. The minimum Gasteiger partial charge on any atom is -0.465 e. The highest BCUT2D eigenvalue weighted by atomic mass is 32.2. The number of benzene rings is 2. The monoisotopic (exact) mass is 601 g/mol. The molecule has 2 saturated heterocycles. The lowest BCUT2D eigenvalue weighted by Crippen LogP contribution is -2.54. The van der Waals surface area contributed by atoms with Crippen LogP contribution < -0.4 is 9.80 Å². The largest absolute Gasteiger partial charge is 0.465 e. The molecule has 2 aromatic carbocycles. The van der Waals surface area contributed by atoms with Crippen molar-refractivity contribution in [2.75, 3.05) is 42.6 Å². The Morgan fingerprint density at radius 2 is 1.70 bits per heavy atom. The second-order valence-corrected chi connectivity index (χ2v) is 13.5. The summed E-state index contributed by atoms with van der Waals surface area (Å²) in [7, 11) is 0. The van der Waals surface area contributed by atoms with Gasteiger partial charge < -0.3 is 24.5 Å². The van der Waals surface area contributed by atoms with Crippen LogP contribution in [0.2, 0.25) is 0 Å². The van der Waals surface area contributed by atoms with Gasteiger partial charge in [0.2, 0.25) is 5.91 Å². The second-order valence-electron chi connectivity index (χ2n) is 11.8. The fourth-order valence-corrected chi connectivity index (χ4v) is 9.60. The van der Waals surface area contributed by atoms with Crippen LogP contribution in [0.4, 0.5) is 11.4 Å². The summed E-state index contributed by atoms with van der Waals surface area (Å²) in [6, 6.07) is 15.6. The quantitative estimate of drug-likeness (QED) is 0.373. The Morgan fingerprint density at radius 1 is 0.977 bits per heavy atom. The van der Waals surface area contributed by atoms with Gasteiger partial charge in [-0.15, -0.1) is 11.8 Å². The molecule has 4 aliphatic heterocycles. The zero-order valence-electron chi connectivity index (χ0n) is 24.9. The number of thioether (sulfide) groups is 1. The molecule has 4 heterocycles. The van der Waals surface area contributed by atoms with Crippen molar-refractivity contribution in [3.63, 3.8) is 0 Å². The topological polar surface area (TPSA) is 90.4 Å². The van der Waals surface area contributed by atoms with E-state index in [0.717, 1.165) is 30.0 Å². The van der Waals surface area contributed by atoms with Gasteiger partial charge in [0, 0.05) is 35.8 Å². The van der Waals surface area contributed by atoms with Crippen LogP contribution >= 0.6 is 11.8 Å². The Morgan fingerprint density at radius 3 is 2.37 bits per heavy atom. The van der Waals surface area contributed by atoms with Crippen molar-refractivity contribution < 1.29 is 24.2 Å². The number of cyclic esters (lactones) is 1. The average Bonchev–Trinajstić information content (AvgIpc) is 3.33. The van der Waals surface area contributed by atoms with E-state index in [0.29, 0.717) is 13.0 Å². The van der Waals surface area contributed by atoms with E-state index < -0.39 is 39.4 Å². The van der Waals surface area contributed by atoms with Gasteiger partial charge in [-0.1, -0.05) is 54.6 Å². The third-order valence-electron chi connectivity index (χ3n) is 9.44. The first kappa shape index (κ1) is 29.5. The van der Waals surface area contributed by atoms with Gasteiger partial charge in [-0.2, -0.15) is 0 Å². The van der Waals surface area contributed by atoms with Gasteiger partial charge >= 0.3 is 5.97 Å². The third-order valence-corrected chi connectivity index (χ3v) is 11.2. The number of aliphatic hydroxyl groups is 1. The lowest BCUT2D eigenvalue weighted by molar-refractivity contribution is -0.154. The first-order chi connectivity index (χ1) is 20.8. The minimum atomic E-state index is -1.03. The van der Waals surface area contributed by atoms with E-state index in [4.69, 9.17) is 4.74 Å². The number of hydrogen-bond donors (Lipinski definition) is 1. The lowest BCUT2D eigenvalue weighted by Gasteiger charge is -2.40. The number of fused-ring (bicyclic) bond motifs is 2. The Balaban J connectivity index is 1.48. The highest BCUT2D eigenvalue weighted by molar-refractivity contribution is 8.02. The van der Waals surface area contributed by atoms with E-state index in [1.807, 2.05) is 85.8 Å². The van der Waals surface area contributed by atoms with Crippen LogP contribution in [0.5, 0.6) is 0 Å². The zero-order valence-corrected chi connectivity index (χ0v) is 25.7. The highest BCUT2D eigenvalue weighted by Crippen LogP contribution is 2.66. The molecule has 0 radical (unpaired) electrons. The molecule has 0 bridgehead atoms. The maximum absolute atomic E-state index is 14.9. The molecule has 9 heteroatoms. The molecule has 2 aromatic rings. The zero-order chi connectivity index (χ0) is 30.4. The van der Waals surface area contributed by atoms with Crippen LogP contribution in [0.1, 0.15) is 38.8 Å². The van der Waals surface area contributed by atoms with Gasteiger partial charge in [0.25, 0.3) is 5.91 Å². The predicted octanol–water partition coefficient (Wildman–Crippen LogP) is 4.36. The van der Waals surface area contributed by atoms with Crippen molar-refractivity contribution in [1.29, 1.82) is 0 Å². The second kappa shape index (κ2) is 11.5. The molecule has 1 N–H and O–H groups in total. The Bertz CT molecular complexity index is 1440. The van der Waals surface area contributed by atoms with Crippen molar-refractivity contribution in [2.24, 2.45) is 11.8 Å². The van der Waals surface area contributed by atoms with Crippen molar-refractivity contribution in [3.05, 3.63) is 84.5 Å². The third kappa shape index (κ3) is 4.68. The normalized spacial score (nSPS) is 30.6. The van der Waals surface area contributed by atoms with Crippen molar-refractivity contribution in [1.82, 2.24) is 4.90 Å². The van der Waals surface area contributed by atoms with Crippen LogP contribution in [0.25, 0.3) is 0 Å². The number of amides is 2. The summed E-state index contributed by atoms with van der Waals surface area (Å²) in [4.78, 5) is 48.7. The van der Waals surface area contributed by atoms with E-state index in [9.17, 15) is 19.5 Å². The van der Waals surface area contributed by atoms with Gasteiger partial charge in [-0.25, -0.2) is 0 Å². The molecule has 6 rings (SSSR count). The van der Waals surface area contributed by atoms with E-state index >= 15 is 0 Å². The number of nitrogens with zero attached hydrogens (tertiary/aromatic N) is 3. The van der Waals surface area contributed by atoms with Crippen molar-refractivity contribution >= 4 is 40.9 Å². The smallest absolute Gasteiger partial charge is 0.311 e. The summed E-state index contributed by atoms with van der Waals surface area (Å²) in [5.74, 6) is -2.55. The van der Waals surface area contributed by atoms with Gasteiger partial charge in [0.05, 0.1) is 35.8 Å². The number of esters is 1. The number of anilines is 2. The molecule has 2 fully saturated rings. The molecule has 43 heavy (non-hydrogen) atoms. The Hall–Kier alpha value is -3.56. The SMILES string of the molecule is CCN(CC)c1ccc(N2CC=C[C@]34S[C@]5(C)C=CCCOC(=O)[C@@H]5[C@H]3C(=O)N([C@H](CO)c3ccccc3)C4C2=O)cc1. The van der Waals surface area contributed by atoms with E-state index in [2.05, 4.69) is 18.7 Å². The number of likely N-dealkylation sites (tertiary alicyclic amines) is 1. The maximum Gasteiger partial charge on any atom is 0.311 e. The summed E-state index contributed by atoms with van der Waals surface area (Å²) in [6.07, 6.45) is 8.58. The van der Waals surface area contributed by atoms with Crippen LogP contribution in [0, 0.1) is 11.8 Å². The highest BCUT2D eigenvalue weighted by Gasteiger charge is 2.74. The van der Waals surface area contributed by atoms with Crippen LogP contribution in [-0.2, 0) is 19.1 Å². The summed E-state index contributed by atoms with van der Waals surface area (Å²) in [6.45, 7) is 8.16. The molecular weight excluding hydrogens is 562 g/mol. The summed E-state index contributed by atoms with van der Waals surface area (Å²) < 4.78 is 3.88. The van der Waals surface area contributed by atoms with E-state index in [1.165, 1.54) is 11.8 Å². The molecule has 0 saturated carbocycles. The Kier molecular flexibility index (Phi) is 7.89. The lowest BCUT2D eigenvalue weighted by atomic mass is 9.74. The molecule has 2 amide bonds. The number of aliphatic hydroxyl groups excluding tert-OH is 1. The number of ether oxygens (including phenoxy) is 1. The van der Waals surface area contributed by atoms with Gasteiger partial charge in [-0.05, 0) is 57.0 Å². The molecule has 0 aliphatic carbocycles. The van der Waals surface area contributed by atoms with Crippen LogP contribution in [-0.4, -0.2) is 76.2 Å². The van der Waals surface area contributed by atoms with Gasteiger partial charge in [0.15, 0.2) is 0 Å². The van der Waals surface area contributed by atoms with Crippen molar-refractivity contribution in [3.8, 4) is 0 Å². The maximum atomic E-state index is 14.9. The number of rotatable bonds is 7.